The number of nitrogens with two attached hydrogens (primary N) is 2. The molecule has 0 radical (unpaired) electrons. The van der Waals surface area contributed by atoms with E-state index in [1.165, 1.54) is 11.3 Å². The highest BCUT2D eigenvalue weighted by molar-refractivity contribution is 7.14. The van der Waals surface area contributed by atoms with E-state index in [0.717, 1.165) is 41.8 Å². The lowest BCUT2D eigenvalue weighted by atomic mass is 9.88. The molecule has 11 heteroatoms. The minimum absolute atomic E-state index is 0.179. The number of hydrogen-bond acceptors (Lipinski definition) is 8. The second kappa shape index (κ2) is 9.94. The molecule has 2 aromatic heterocycles. The first-order valence-electron chi connectivity index (χ1n) is 10.5. The van der Waals surface area contributed by atoms with E-state index in [1.807, 2.05) is 6.07 Å². The van der Waals surface area contributed by atoms with Crippen molar-refractivity contribution in [3.05, 3.63) is 33.1 Å². The number of aromatic nitrogens is 2. The van der Waals surface area contributed by atoms with Gasteiger partial charge in [-0.2, -0.15) is 4.98 Å². The van der Waals surface area contributed by atoms with Gasteiger partial charge < -0.3 is 27.0 Å². The van der Waals surface area contributed by atoms with E-state index in [9.17, 15) is 19.5 Å². The topological polar surface area (TPSA) is 182 Å². The van der Waals surface area contributed by atoms with Gasteiger partial charge in [0.25, 0.3) is 5.91 Å². The number of hydrogen-bond donors (Lipinski definition) is 5. The highest BCUT2D eigenvalue weighted by Gasteiger charge is 2.30. The summed E-state index contributed by atoms with van der Waals surface area (Å²) in [5.74, 6) is -1.88. The van der Waals surface area contributed by atoms with Gasteiger partial charge in [-0.05, 0) is 56.1 Å². The molecule has 1 aliphatic carbocycles. The number of aryl methyl sites for hydroxylation is 1. The van der Waals surface area contributed by atoms with Gasteiger partial charge in [0.1, 0.15) is 11.9 Å². The summed E-state index contributed by atoms with van der Waals surface area (Å²) in [4.78, 5) is 44.5. The summed E-state index contributed by atoms with van der Waals surface area (Å²) < 4.78 is 0. The third-order valence-corrected chi connectivity index (χ3v) is 7.02. The molecule has 0 fully saturated rings. The van der Waals surface area contributed by atoms with Crippen LogP contribution in [0.5, 0.6) is 0 Å². The van der Waals surface area contributed by atoms with Gasteiger partial charge in [0.05, 0.1) is 10.6 Å². The maximum atomic E-state index is 12.6. The van der Waals surface area contributed by atoms with E-state index in [-0.39, 0.29) is 30.6 Å². The summed E-state index contributed by atoms with van der Waals surface area (Å²) in [7, 11) is 0. The largest absolute Gasteiger partial charge is 0.481 e. The predicted molar refractivity (Wildman–Crippen MR) is 120 cm³/mol. The Morgan fingerprint density at radius 2 is 2.00 bits per heavy atom. The number of nitrogens with one attached hydrogen (secondary N) is 1. The van der Waals surface area contributed by atoms with Crippen molar-refractivity contribution < 1.29 is 24.6 Å². The van der Waals surface area contributed by atoms with Crippen LogP contribution >= 0.6 is 11.3 Å². The standard InChI is InChI=1S/C21H27N5O5S/c1-2-10(9-11-3-4-12-17(11)18(22)26-21(23)25-12)14-6-7-15(32-14)19(29)24-13(20(30)31)5-8-16(27)28/h6-7,10-11,13H,2-5,8-9H2,1H3,(H,24,29)(H,27,28)(H,30,31)(H4,22,23,25,26)/t10?,11?,13-/m0/s1. The number of fused-ring (bicyclic) bond motifs is 1. The van der Waals surface area contributed by atoms with E-state index in [2.05, 4.69) is 22.2 Å². The zero-order valence-corrected chi connectivity index (χ0v) is 18.5. The Hall–Kier alpha value is -3.21. The first-order valence-corrected chi connectivity index (χ1v) is 11.3. The van der Waals surface area contributed by atoms with Crippen LogP contribution in [-0.2, 0) is 16.0 Å². The highest BCUT2D eigenvalue weighted by Crippen LogP contribution is 2.43. The van der Waals surface area contributed by atoms with Gasteiger partial charge >= 0.3 is 11.9 Å². The van der Waals surface area contributed by atoms with Gasteiger partial charge in [-0.1, -0.05) is 6.92 Å². The molecule has 3 rings (SSSR count). The van der Waals surface area contributed by atoms with Crippen molar-refractivity contribution in [1.82, 2.24) is 15.3 Å². The SMILES string of the molecule is CCC(CC1CCc2nc(N)nc(N)c21)c1ccc(C(=O)N[C@@H](CCC(=O)O)C(=O)O)s1. The van der Waals surface area contributed by atoms with Gasteiger partial charge in [0.2, 0.25) is 5.95 Å². The van der Waals surface area contributed by atoms with E-state index in [4.69, 9.17) is 16.6 Å². The third-order valence-electron chi connectivity index (χ3n) is 5.77. The van der Waals surface area contributed by atoms with Crippen LogP contribution in [0.2, 0.25) is 0 Å². The number of nitrogen functional groups attached to an aromatic ring is 2. The second-order valence-corrected chi connectivity index (χ2v) is 9.02. The normalized spacial score (nSPS) is 16.8. The maximum Gasteiger partial charge on any atom is 0.326 e. The molecule has 2 unspecified atom stereocenters. The molecule has 1 amide bonds. The van der Waals surface area contributed by atoms with Crippen LogP contribution in [0.4, 0.5) is 11.8 Å². The van der Waals surface area contributed by atoms with Crippen molar-refractivity contribution in [3.8, 4) is 0 Å². The minimum atomic E-state index is -1.26. The number of anilines is 2. The quantitative estimate of drug-likeness (QED) is 0.354. The lowest BCUT2D eigenvalue weighted by molar-refractivity contribution is -0.140. The number of carbonyl (C=O) groups excluding carboxylic acids is 1. The number of carboxylic acid groups (broad SMARTS) is 2. The van der Waals surface area contributed by atoms with E-state index >= 15 is 0 Å². The lowest BCUT2D eigenvalue weighted by Crippen LogP contribution is -2.40. The number of carbonyl (C=O) groups is 3. The summed E-state index contributed by atoms with van der Waals surface area (Å²) in [6.07, 6.45) is 2.89. The minimum Gasteiger partial charge on any atom is -0.481 e. The number of amides is 1. The average Bonchev–Trinajstić information content (AvgIpc) is 3.36. The molecule has 0 aromatic carbocycles. The van der Waals surface area contributed by atoms with Crippen LogP contribution in [-0.4, -0.2) is 44.1 Å². The molecule has 0 spiro atoms. The van der Waals surface area contributed by atoms with Gasteiger partial charge in [0, 0.05) is 16.9 Å². The van der Waals surface area contributed by atoms with Crippen LogP contribution in [0, 0.1) is 0 Å². The molecule has 0 saturated carbocycles. The van der Waals surface area contributed by atoms with Gasteiger partial charge in [0.15, 0.2) is 0 Å². The molecule has 172 valence electrons. The number of aliphatic carboxylic acids is 2. The zero-order chi connectivity index (χ0) is 23.4. The molecule has 0 aliphatic heterocycles. The molecule has 3 atom stereocenters. The smallest absolute Gasteiger partial charge is 0.326 e. The van der Waals surface area contributed by atoms with Crippen LogP contribution < -0.4 is 16.8 Å². The molecular weight excluding hydrogens is 434 g/mol. The fourth-order valence-corrected chi connectivity index (χ4v) is 5.26. The van der Waals surface area contributed by atoms with E-state index in [0.29, 0.717) is 10.7 Å². The predicted octanol–water partition coefficient (Wildman–Crippen LogP) is 2.36. The first-order chi connectivity index (χ1) is 15.2. The highest BCUT2D eigenvalue weighted by atomic mass is 32.1. The fraction of sp³-hybridized carbons (Fsp3) is 0.476. The van der Waals surface area contributed by atoms with Crippen molar-refractivity contribution in [2.24, 2.45) is 0 Å². The number of nitrogens with zero attached hydrogens (tertiary/aromatic N) is 2. The molecule has 2 heterocycles. The van der Waals surface area contributed by atoms with Crippen LogP contribution in [0.25, 0.3) is 0 Å². The Kier molecular flexibility index (Phi) is 7.29. The zero-order valence-electron chi connectivity index (χ0n) is 17.7. The first kappa shape index (κ1) is 23.5. The van der Waals surface area contributed by atoms with Gasteiger partial charge in [-0.25, -0.2) is 9.78 Å². The van der Waals surface area contributed by atoms with Gasteiger partial charge in [-0.3, -0.25) is 9.59 Å². The number of thiophene rings is 1. The van der Waals surface area contributed by atoms with Crippen LogP contribution in [0.1, 0.15) is 76.7 Å². The van der Waals surface area contributed by atoms with Gasteiger partial charge in [-0.15, -0.1) is 11.3 Å². The maximum absolute atomic E-state index is 12.6. The Labute approximate surface area is 189 Å². The average molecular weight is 462 g/mol. The van der Waals surface area contributed by atoms with Crippen molar-refractivity contribution >= 4 is 40.9 Å². The summed E-state index contributed by atoms with van der Waals surface area (Å²) >= 11 is 1.32. The molecule has 0 saturated heterocycles. The molecule has 0 bridgehead atoms. The third kappa shape index (κ3) is 5.34. The van der Waals surface area contributed by atoms with Crippen molar-refractivity contribution in [2.45, 2.75) is 63.3 Å². The molecule has 32 heavy (non-hydrogen) atoms. The molecule has 1 aliphatic rings. The summed E-state index contributed by atoms with van der Waals surface area (Å²) in [5.41, 5.74) is 13.7. The Morgan fingerprint density at radius 3 is 2.66 bits per heavy atom. The fourth-order valence-electron chi connectivity index (χ4n) is 4.16. The van der Waals surface area contributed by atoms with Crippen LogP contribution in [0.3, 0.4) is 0 Å². The summed E-state index contributed by atoms with van der Waals surface area (Å²) in [6, 6.07) is 2.31. The Bertz CT molecular complexity index is 1020. The second-order valence-electron chi connectivity index (χ2n) is 7.90. The number of rotatable bonds is 10. The summed E-state index contributed by atoms with van der Waals surface area (Å²) in [6.45, 7) is 2.08. The van der Waals surface area contributed by atoms with Crippen LogP contribution in [0.15, 0.2) is 12.1 Å². The van der Waals surface area contributed by atoms with E-state index in [1.54, 1.807) is 6.07 Å². The molecular formula is C21H27N5O5S. The van der Waals surface area contributed by atoms with Crippen molar-refractivity contribution in [2.75, 3.05) is 11.5 Å². The van der Waals surface area contributed by atoms with E-state index < -0.39 is 23.9 Å². The Balaban J connectivity index is 1.69. The monoisotopic (exact) mass is 461 g/mol. The number of carboxylic acids is 2. The molecule has 2 aromatic rings. The van der Waals surface area contributed by atoms with Crippen molar-refractivity contribution in [1.29, 1.82) is 0 Å². The molecule has 7 N–H and O–H groups in total. The lowest BCUT2D eigenvalue weighted by Gasteiger charge is -2.19. The van der Waals surface area contributed by atoms with Crippen molar-refractivity contribution in [3.63, 3.8) is 0 Å². The summed E-state index contributed by atoms with van der Waals surface area (Å²) in [5, 5.41) is 20.5. The Morgan fingerprint density at radius 1 is 1.25 bits per heavy atom. The molecule has 10 nitrogen and oxygen atoms in total.